The van der Waals surface area contributed by atoms with Crippen LogP contribution in [0.4, 0.5) is 5.69 Å². The molecule has 0 aromatic heterocycles. The lowest BCUT2D eigenvalue weighted by Gasteiger charge is -2.29. The average molecular weight is 259 g/mol. The van der Waals surface area contributed by atoms with Crippen molar-refractivity contribution in [2.45, 2.75) is 17.8 Å². The average Bonchev–Trinajstić information content (AvgIpc) is 2.26. The summed E-state index contributed by atoms with van der Waals surface area (Å²) in [6.07, 6.45) is 0.821. The fraction of sp³-hybridized carbons (Fsp3) is 0.364. The van der Waals surface area contributed by atoms with E-state index >= 15 is 0 Å². The molecule has 5 heteroatoms. The molecule has 16 heavy (non-hydrogen) atoms. The largest absolute Gasteiger partial charge is 0.399 e. The smallest absolute Gasteiger partial charge is 0.256 e. The Hall–Kier alpha value is -0.930. The molecule has 1 aromatic carbocycles. The molecular formula is C11H12Cl2N2O. The van der Waals surface area contributed by atoms with Crippen LogP contribution >= 0.6 is 23.2 Å². The van der Waals surface area contributed by atoms with Crippen LogP contribution in [0.5, 0.6) is 0 Å². The minimum Gasteiger partial charge on any atom is -0.399 e. The Bertz CT molecular complexity index is 420. The van der Waals surface area contributed by atoms with Crippen molar-refractivity contribution < 1.29 is 4.79 Å². The van der Waals surface area contributed by atoms with Crippen molar-refractivity contribution in [3.8, 4) is 0 Å². The first kappa shape index (κ1) is 11.6. The van der Waals surface area contributed by atoms with E-state index in [9.17, 15) is 4.79 Å². The molecule has 2 N–H and O–H groups in total. The molecule has 1 aliphatic rings. The highest BCUT2D eigenvalue weighted by Gasteiger charge is 2.24. The third kappa shape index (κ3) is 2.25. The van der Waals surface area contributed by atoms with Crippen molar-refractivity contribution in [3.05, 3.63) is 29.3 Å². The lowest BCUT2D eigenvalue weighted by Crippen LogP contribution is -2.38. The zero-order valence-corrected chi connectivity index (χ0v) is 10.1. The molecule has 0 saturated carbocycles. The zero-order chi connectivity index (χ0) is 11.7. The molecule has 0 atom stereocenters. The third-order valence-electron chi connectivity index (χ3n) is 2.74. The number of nitrogens with zero attached hydrogens (tertiary/aromatic N) is 1. The van der Waals surface area contributed by atoms with Gasteiger partial charge in [0.25, 0.3) is 5.91 Å². The minimum absolute atomic E-state index is 0.239. The summed E-state index contributed by atoms with van der Waals surface area (Å²) in [5.41, 5.74) is 8.73. The second kappa shape index (κ2) is 4.52. The molecule has 86 valence electrons. The zero-order valence-electron chi connectivity index (χ0n) is 8.62. The standard InChI is InChI=1S/C11H12Cl2N2O/c12-10(13)11(16)15-4-3-7-1-2-9(14)5-8(7)6-15/h1-2,5,10H,3-4,6,14H2. The van der Waals surface area contributed by atoms with Gasteiger partial charge in [0.2, 0.25) is 0 Å². The molecule has 0 fully saturated rings. The summed E-state index contributed by atoms with van der Waals surface area (Å²) in [6.45, 7) is 1.20. The van der Waals surface area contributed by atoms with Crippen molar-refractivity contribution in [3.63, 3.8) is 0 Å². The SMILES string of the molecule is Nc1ccc2c(c1)CN(C(=O)C(Cl)Cl)CC2. The summed E-state index contributed by atoms with van der Waals surface area (Å²) < 4.78 is 0. The van der Waals surface area contributed by atoms with Gasteiger partial charge in [0.05, 0.1) is 0 Å². The van der Waals surface area contributed by atoms with Gasteiger partial charge in [-0.1, -0.05) is 29.3 Å². The van der Waals surface area contributed by atoms with Crippen LogP contribution in [0, 0.1) is 0 Å². The molecule has 0 saturated heterocycles. The number of benzene rings is 1. The lowest BCUT2D eigenvalue weighted by atomic mass is 9.99. The van der Waals surface area contributed by atoms with Gasteiger partial charge in [-0.2, -0.15) is 0 Å². The molecule has 1 aromatic rings. The lowest BCUT2D eigenvalue weighted by molar-refractivity contribution is -0.130. The normalized spacial score (nSPS) is 15.1. The van der Waals surface area contributed by atoms with Crippen LogP contribution in [-0.2, 0) is 17.8 Å². The molecule has 1 heterocycles. The van der Waals surface area contributed by atoms with E-state index in [1.807, 2.05) is 18.2 Å². The Balaban J connectivity index is 2.20. The number of nitrogens with two attached hydrogens (primary N) is 1. The number of hydrogen-bond acceptors (Lipinski definition) is 2. The fourth-order valence-electron chi connectivity index (χ4n) is 1.90. The summed E-state index contributed by atoms with van der Waals surface area (Å²) >= 11 is 11.1. The van der Waals surface area contributed by atoms with Gasteiger partial charge in [0.15, 0.2) is 4.84 Å². The Morgan fingerprint density at radius 3 is 2.81 bits per heavy atom. The highest BCUT2D eigenvalue weighted by Crippen LogP contribution is 2.22. The van der Waals surface area contributed by atoms with Crippen LogP contribution in [0.25, 0.3) is 0 Å². The van der Waals surface area contributed by atoms with E-state index in [1.165, 1.54) is 5.56 Å². The van der Waals surface area contributed by atoms with E-state index < -0.39 is 4.84 Å². The van der Waals surface area contributed by atoms with Gasteiger partial charge in [-0.25, -0.2) is 0 Å². The van der Waals surface area contributed by atoms with Crippen LogP contribution in [0.1, 0.15) is 11.1 Å². The second-order valence-corrected chi connectivity index (χ2v) is 4.93. The quantitative estimate of drug-likeness (QED) is 0.619. The van der Waals surface area contributed by atoms with Crippen molar-refractivity contribution >= 4 is 34.8 Å². The van der Waals surface area contributed by atoms with Crippen molar-refractivity contribution in [2.75, 3.05) is 12.3 Å². The number of amides is 1. The summed E-state index contributed by atoms with van der Waals surface area (Å²) in [5.74, 6) is -0.239. The summed E-state index contributed by atoms with van der Waals surface area (Å²) in [5, 5.41) is 0. The van der Waals surface area contributed by atoms with Gasteiger partial charge in [0.1, 0.15) is 0 Å². The highest BCUT2D eigenvalue weighted by atomic mass is 35.5. The molecular weight excluding hydrogens is 247 g/mol. The number of alkyl halides is 2. The topological polar surface area (TPSA) is 46.3 Å². The Morgan fingerprint density at radius 2 is 2.12 bits per heavy atom. The molecule has 3 nitrogen and oxygen atoms in total. The Labute approximate surface area is 104 Å². The molecule has 1 amide bonds. The number of anilines is 1. The van der Waals surface area contributed by atoms with E-state index in [-0.39, 0.29) is 5.91 Å². The number of hydrogen-bond donors (Lipinski definition) is 1. The number of fused-ring (bicyclic) bond motifs is 1. The first-order valence-electron chi connectivity index (χ1n) is 5.02. The van der Waals surface area contributed by atoms with E-state index in [1.54, 1.807) is 4.90 Å². The summed E-state index contributed by atoms with van der Waals surface area (Å²) in [4.78, 5) is 12.3. The second-order valence-electron chi connectivity index (χ2n) is 3.84. The first-order chi connectivity index (χ1) is 7.58. The van der Waals surface area contributed by atoms with Crippen LogP contribution in [0.3, 0.4) is 0 Å². The number of carbonyl (C=O) groups excluding carboxylic acids is 1. The predicted octanol–water partition coefficient (Wildman–Crippen LogP) is 1.96. The maximum absolute atomic E-state index is 11.6. The van der Waals surface area contributed by atoms with Gasteiger partial charge >= 0.3 is 0 Å². The molecule has 0 radical (unpaired) electrons. The number of nitrogen functional groups attached to an aromatic ring is 1. The fourth-order valence-corrected chi connectivity index (χ4v) is 2.18. The van der Waals surface area contributed by atoms with Crippen LogP contribution in [0.15, 0.2) is 18.2 Å². The van der Waals surface area contributed by atoms with Crippen molar-refractivity contribution in [1.82, 2.24) is 4.90 Å². The van der Waals surface area contributed by atoms with Gasteiger partial charge in [-0.05, 0) is 29.7 Å². The van der Waals surface area contributed by atoms with Gasteiger partial charge in [-0.3, -0.25) is 4.79 Å². The van der Waals surface area contributed by atoms with E-state index in [4.69, 9.17) is 28.9 Å². The van der Waals surface area contributed by atoms with E-state index in [2.05, 4.69) is 0 Å². The summed E-state index contributed by atoms with van der Waals surface area (Å²) in [6, 6.07) is 5.78. The number of carbonyl (C=O) groups is 1. The number of rotatable bonds is 1. The van der Waals surface area contributed by atoms with Gasteiger partial charge in [-0.15, -0.1) is 0 Å². The first-order valence-corrected chi connectivity index (χ1v) is 5.89. The van der Waals surface area contributed by atoms with Crippen LogP contribution in [0.2, 0.25) is 0 Å². The third-order valence-corrected chi connectivity index (χ3v) is 3.11. The highest BCUT2D eigenvalue weighted by molar-refractivity contribution is 6.53. The van der Waals surface area contributed by atoms with Crippen LogP contribution < -0.4 is 5.73 Å². The molecule has 0 bridgehead atoms. The van der Waals surface area contributed by atoms with Gasteiger partial charge in [0, 0.05) is 18.8 Å². The molecule has 2 rings (SSSR count). The van der Waals surface area contributed by atoms with Gasteiger partial charge < -0.3 is 10.6 Å². The monoisotopic (exact) mass is 258 g/mol. The van der Waals surface area contributed by atoms with E-state index in [0.29, 0.717) is 18.8 Å². The van der Waals surface area contributed by atoms with Crippen molar-refractivity contribution in [1.29, 1.82) is 0 Å². The Kier molecular flexibility index (Phi) is 3.26. The maximum Gasteiger partial charge on any atom is 0.256 e. The molecule has 0 unspecified atom stereocenters. The minimum atomic E-state index is -0.984. The predicted molar refractivity (Wildman–Crippen MR) is 65.5 cm³/mol. The summed E-state index contributed by atoms with van der Waals surface area (Å²) in [7, 11) is 0. The molecule has 0 spiro atoms. The maximum atomic E-state index is 11.6. The van der Waals surface area contributed by atoms with Crippen LogP contribution in [-0.4, -0.2) is 22.2 Å². The van der Waals surface area contributed by atoms with E-state index in [0.717, 1.165) is 12.0 Å². The Morgan fingerprint density at radius 1 is 1.38 bits per heavy atom. The molecule has 1 aliphatic heterocycles. The molecule has 0 aliphatic carbocycles. The number of halogens is 2. The van der Waals surface area contributed by atoms with Crippen molar-refractivity contribution in [2.24, 2.45) is 0 Å².